The van der Waals surface area contributed by atoms with E-state index in [0.29, 0.717) is 12.5 Å². The van der Waals surface area contributed by atoms with Crippen molar-refractivity contribution in [1.82, 2.24) is 5.32 Å². The topological polar surface area (TPSA) is 67.2 Å². The molecule has 1 fully saturated rings. The van der Waals surface area contributed by atoms with Crippen molar-refractivity contribution >= 4 is 11.7 Å². The van der Waals surface area contributed by atoms with Gasteiger partial charge < -0.3 is 16.4 Å². The molecular formula is C15H23N3O. The van der Waals surface area contributed by atoms with E-state index in [0.717, 1.165) is 24.1 Å². The van der Waals surface area contributed by atoms with Gasteiger partial charge in [0.1, 0.15) is 0 Å². The van der Waals surface area contributed by atoms with Crippen LogP contribution >= 0.6 is 0 Å². The van der Waals surface area contributed by atoms with Crippen molar-refractivity contribution in [1.29, 1.82) is 0 Å². The van der Waals surface area contributed by atoms with Crippen molar-refractivity contribution < 1.29 is 4.79 Å². The number of amides is 2. The SMILES string of the molecule is Cc1cccc(NC(=O)NCC2CCCCC2N)c1. The molecule has 4 heteroatoms. The number of rotatable bonds is 3. The second-order valence-corrected chi connectivity index (χ2v) is 5.41. The molecule has 104 valence electrons. The molecule has 2 unspecified atom stereocenters. The highest BCUT2D eigenvalue weighted by molar-refractivity contribution is 5.89. The highest BCUT2D eigenvalue weighted by atomic mass is 16.2. The first-order valence-electron chi connectivity index (χ1n) is 7.02. The smallest absolute Gasteiger partial charge is 0.319 e. The van der Waals surface area contributed by atoms with Crippen LogP contribution in [0.3, 0.4) is 0 Å². The van der Waals surface area contributed by atoms with Gasteiger partial charge in [0.05, 0.1) is 0 Å². The molecule has 2 atom stereocenters. The number of nitrogens with two attached hydrogens (primary N) is 1. The van der Waals surface area contributed by atoms with E-state index in [-0.39, 0.29) is 12.1 Å². The summed E-state index contributed by atoms with van der Waals surface area (Å²) in [6.45, 7) is 2.67. The van der Waals surface area contributed by atoms with Crippen LogP contribution in [-0.2, 0) is 0 Å². The fourth-order valence-corrected chi connectivity index (χ4v) is 2.61. The number of anilines is 1. The zero-order valence-corrected chi connectivity index (χ0v) is 11.5. The van der Waals surface area contributed by atoms with Gasteiger partial charge in [-0.25, -0.2) is 4.79 Å². The van der Waals surface area contributed by atoms with E-state index < -0.39 is 0 Å². The van der Waals surface area contributed by atoms with Crippen LogP contribution in [0.1, 0.15) is 31.2 Å². The molecule has 1 aromatic carbocycles. The average molecular weight is 261 g/mol. The molecule has 0 heterocycles. The minimum absolute atomic E-state index is 0.150. The molecule has 4 nitrogen and oxygen atoms in total. The maximum Gasteiger partial charge on any atom is 0.319 e. The Morgan fingerprint density at radius 3 is 2.89 bits per heavy atom. The summed E-state index contributed by atoms with van der Waals surface area (Å²) in [5.41, 5.74) is 8.02. The molecule has 1 saturated carbocycles. The van der Waals surface area contributed by atoms with Crippen molar-refractivity contribution in [2.75, 3.05) is 11.9 Å². The Morgan fingerprint density at radius 2 is 2.16 bits per heavy atom. The molecular weight excluding hydrogens is 238 g/mol. The Labute approximate surface area is 114 Å². The zero-order chi connectivity index (χ0) is 13.7. The van der Waals surface area contributed by atoms with Crippen LogP contribution in [0, 0.1) is 12.8 Å². The van der Waals surface area contributed by atoms with Gasteiger partial charge in [0.25, 0.3) is 0 Å². The van der Waals surface area contributed by atoms with Gasteiger partial charge in [-0.2, -0.15) is 0 Å². The molecule has 2 amide bonds. The lowest BCUT2D eigenvalue weighted by molar-refractivity contribution is 0.244. The number of hydrogen-bond donors (Lipinski definition) is 3. The summed E-state index contributed by atoms with van der Waals surface area (Å²) in [4.78, 5) is 11.8. The second kappa shape index (κ2) is 6.57. The van der Waals surface area contributed by atoms with Crippen molar-refractivity contribution in [2.45, 2.75) is 38.6 Å². The Hall–Kier alpha value is -1.55. The average Bonchev–Trinajstić information content (AvgIpc) is 2.38. The number of nitrogens with one attached hydrogen (secondary N) is 2. The normalized spacial score (nSPS) is 22.8. The Kier molecular flexibility index (Phi) is 4.80. The molecule has 0 radical (unpaired) electrons. The van der Waals surface area contributed by atoms with Crippen LogP contribution < -0.4 is 16.4 Å². The van der Waals surface area contributed by atoms with E-state index in [9.17, 15) is 4.79 Å². The van der Waals surface area contributed by atoms with Crippen LogP contribution in [0.4, 0.5) is 10.5 Å². The Bertz CT molecular complexity index is 433. The minimum atomic E-state index is -0.150. The van der Waals surface area contributed by atoms with Crippen LogP contribution in [0.25, 0.3) is 0 Å². The Balaban J connectivity index is 1.78. The van der Waals surface area contributed by atoms with Crippen LogP contribution in [-0.4, -0.2) is 18.6 Å². The van der Waals surface area contributed by atoms with E-state index >= 15 is 0 Å². The number of carbonyl (C=O) groups excluding carboxylic acids is 1. The van der Waals surface area contributed by atoms with Gasteiger partial charge in [0, 0.05) is 18.3 Å². The largest absolute Gasteiger partial charge is 0.338 e. The minimum Gasteiger partial charge on any atom is -0.338 e. The van der Waals surface area contributed by atoms with Gasteiger partial charge in [0.15, 0.2) is 0 Å². The highest BCUT2D eigenvalue weighted by Crippen LogP contribution is 2.22. The van der Waals surface area contributed by atoms with Crippen molar-refractivity contribution in [3.63, 3.8) is 0 Å². The molecule has 19 heavy (non-hydrogen) atoms. The molecule has 1 aliphatic carbocycles. The number of hydrogen-bond acceptors (Lipinski definition) is 2. The quantitative estimate of drug-likeness (QED) is 0.783. The highest BCUT2D eigenvalue weighted by Gasteiger charge is 2.21. The summed E-state index contributed by atoms with van der Waals surface area (Å²) in [6.07, 6.45) is 4.63. The molecule has 1 aliphatic rings. The lowest BCUT2D eigenvalue weighted by Gasteiger charge is -2.28. The first kappa shape index (κ1) is 13.9. The summed E-state index contributed by atoms with van der Waals surface area (Å²) in [7, 11) is 0. The predicted octanol–water partition coefficient (Wildman–Crippen LogP) is 2.63. The van der Waals surface area contributed by atoms with Crippen molar-refractivity contribution in [3.8, 4) is 0 Å². The Morgan fingerprint density at radius 1 is 1.37 bits per heavy atom. The fourth-order valence-electron chi connectivity index (χ4n) is 2.61. The summed E-state index contributed by atoms with van der Waals surface area (Å²) in [6, 6.07) is 7.85. The zero-order valence-electron chi connectivity index (χ0n) is 11.5. The molecule has 4 N–H and O–H groups in total. The molecule has 0 spiro atoms. The number of carbonyl (C=O) groups is 1. The summed E-state index contributed by atoms with van der Waals surface area (Å²) < 4.78 is 0. The van der Waals surface area contributed by atoms with Crippen LogP contribution in [0.2, 0.25) is 0 Å². The van der Waals surface area contributed by atoms with Gasteiger partial charge in [-0.3, -0.25) is 0 Å². The third kappa shape index (κ3) is 4.24. The molecule has 1 aromatic rings. The second-order valence-electron chi connectivity index (χ2n) is 5.41. The molecule has 0 aliphatic heterocycles. The number of benzene rings is 1. The third-order valence-electron chi connectivity index (χ3n) is 3.77. The maximum absolute atomic E-state index is 11.8. The summed E-state index contributed by atoms with van der Waals surface area (Å²) >= 11 is 0. The summed E-state index contributed by atoms with van der Waals surface area (Å²) in [5.74, 6) is 0.414. The molecule has 0 aromatic heterocycles. The van der Waals surface area contributed by atoms with Gasteiger partial charge in [-0.15, -0.1) is 0 Å². The first-order chi connectivity index (χ1) is 9.15. The van der Waals surface area contributed by atoms with E-state index in [1.807, 2.05) is 31.2 Å². The van der Waals surface area contributed by atoms with E-state index in [2.05, 4.69) is 10.6 Å². The van der Waals surface area contributed by atoms with Crippen LogP contribution in [0.15, 0.2) is 24.3 Å². The van der Waals surface area contributed by atoms with Crippen LogP contribution in [0.5, 0.6) is 0 Å². The van der Waals surface area contributed by atoms with E-state index in [1.165, 1.54) is 12.8 Å². The van der Waals surface area contributed by atoms with Gasteiger partial charge >= 0.3 is 6.03 Å². The van der Waals surface area contributed by atoms with Gasteiger partial charge in [0.2, 0.25) is 0 Å². The van der Waals surface area contributed by atoms with Gasteiger partial charge in [-0.1, -0.05) is 25.0 Å². The lowest BCUT2D eigenvalue weighted by atomic mass is 9.85. The molecule has 0 bridgehead atoms. The lowest BCUT2D eigenvalue weighted by Crippen LogP contribution is -2.42. The standard InChI is InChI=1S/C15H23N3O/c1-11-5-4-7-13(9-11)18-15(19)17-10-12-6-2-3-8-14(12)16/h4-5,7,9,12,14H,2-3,6,8,10,16H2,1H3,(H2,17,18,19). The van der Waals surface area contributed by atoms with Crippen molar-refractivity contribution in [2.24, 2.45) is 11.7 Å². The van der Waals surface area contributed by atoms with Crippen molar-refractivity contribution in [3.05, 3.63) is 29.8 Å². The number of aryl methyl sites for hydroxylation is 1. The molecule has 0 saturated heterocycles. The summed E-state index contributed by atoms with van der Waals surface area (Å²) in [5, 5.41) is 5.77. The number of urea groups is 1. The van der Waals surface area contributed by atoms with Gasteiger partial charge in [-0.05, 0) is 43.4 Å². The molecule has 2 rings (SSSR count). The monoisotopic (exact) mass is 261 g/mol. The van der Waals surface area contributed by atoms with E-state index in [4.69, 9.17) is 5.73 Å². The third-order valence-corrected chi connectivity index (χ3v) is 3.77. The maximum atomic E-state index is 11.8. The predicted molar refractivity (Wildman–Crippen MR) is 78.1 cm³/mol. The van der Waals surface area contributed by atoms with E-state index in [1.54, 1.807) is 0 Å². The first-order valence-corrected chi connectivity index (χ1v) is 7.02. The fraction of sp³-hybridized carbons (Fsp3) is 0.533.